The number of rotatable bonds is 3. The average molecular weight is 397 g/mol. The number of nitrogens with zero attached hydrogens (tertiary/aromatic N) is 4. The topological polar surface area (TPSA) is 58.4 Å². The van der Waals surface area contributed by atoms with Crippen molar-refractivity contribution in [1.29, 1.82) is 0 Å². The third kappa shape index (κ3) is 3.20. The maximum atomic E-state index is 13.2. The molecule has 0 atom stereocenters. The van der Waals surface area contributed by atoms with Crippen molar-refractivity contribution in [2.75, 3.05) is 31.1 Å². The van der Waals surface area contributed by atoms with Crippen molar-refractivity contribution >= 4 is 33.1 Å². The van der Waals surface area contributed by atoms with E-state index >= 15 is 0 Å². The molecular weight excluding hydrogens is 372 g/mol. The van der Waals surface area contributed by atoms with Crippen molar-refractivity contribution in [1.82, 2.24) is 14.5 Å². The Balaban J connectivity index is 1.59. The minimum Gasteiger partial charge on any atom is -0.368 e. The lowest BCUT2D eigenvalue weighted by Gasteiger charge is -2.36. The fourth-order valence-corrected chi connectivity index (χ4v) is 4.71. The van der Waals surface area contributed by atoms with Gasteiger partial charge in [-0.15, -0.1) is 11.3 Å². The van der Waals surface area contributed by atoms with Crippen LogP contribution in [0, 0.1) is 6.92 Å². The second kappa shape index (κ2) is 7.39. The van der Waals surface area contributed by atoms with Crippen LogP contribution in [0.2, 0.25) is 0 Å². The van der Waals surface area contributed by atoms with Crippen molar-refractivity contribution in [3.05, 3.63) is 57.5 Å². The Bertz CT molecular complexity index is 1060. The van der Waals surface area contributed by atoms with E-state index in [1.54, 1.807) is 10.9 Å². The number of hydrogen-bond donors (Lipinski definition) is 0. The lowest BCUT2D eigenvalue weighted by atomic mass is 10.1. The lowest BCUT2D eigenvalue weighted by molar-refractivity contribution is 0.0748. The number of thiophene rings is 1. The highest BCUT2D eigenvalue weighted by atomic mass is 32.1. The van der Waals surface area contributed by atoms with Crippen LogP contribution in [0.5, 0.6) is 0 Å². The number of aryl methyl sites for hydroxylation is 1. The number of piperazine rings is 1. The Kier molecular flexibility index (Phi) is 4.93. The first kappa shape index (κ1) is 18.7. The van der Waals surface area contributed by atoms with Crippen LogP contribution in [-0.4, -0.2) is 46.5 Å². The van der Waals surface area contributed by atoms with Crippen molar-refractivity contribution in [2.24, 2.45) is 0 Å². The number of carbonyl (C=O) groups excluding carboxylic acids is 1. The van der Waals surface area contributed by atoms with E-state index in [0.717, 1.165) is 18.0 Å². The fourth-order valence-electron chi connectivity index (χ4n) is 3.67. The number of carbonyl (C=O) groups is 1. The van der Waals surface area contributed by atoms with Crippen LogP contribution < -0.4 is 10.5 Å². The van der Waals surface area contributed by atoms with Gasteiger partial charge in [-0.1, -0.05) is 18.2 Å². The predicted molar refractivity (Wildman–Crippen MR) is 114 cm³/mol. The number of hydrogen-bond acceptors (Lipinski definition) is 5. The molecule has 0 N–H and O–H groups in total. The molecule has 0 aliphatic carbocycles. The Morgan fingerprint density at radius 2 is 1.79 bits per heavy atom. The summed E-state index contributed by atoms with van der Waals surface area (Å²) in [4.78, 5) is 35.5. The van der Waals surface area contributed by atoms with Gasteiger partial charge in [0.1, 0.15) is 10.2 Å². The minimum atomic E-state index is -0.0685. The normalized spacial score (nSPS) is 14.9. The number of para-hydroxylation sites is 1. The molecule has 0 radical (unpaired) electrons. The van der Waals surface area contributed by atoms with Gasteiger partial charge >= 0.3 is 0 Å². The summed E-state index contributed by atoms with van der Waals surface area (Å²) >= 11 is 1.37. The van der Waals surface area contributed by atoms with Gasteiger partial charge in [-0.3, -0.25) is 14.2 Å². The molecule has 0 bridgehead atoms. The number of aromatic nitrogens is 2. The number of amides is 1. The van der Waals surface area contributed by atoms with E-state index in [2.05, 4.69) is 22.0 Å². The standard InChI is InChI=1S/C21H24N4O2S/c1-14(2)25-13-22-18-17(15(3)28-19(18)21(25)27)20(26)24-11-9-23(10-12-24)16-7-5-4-6-8-16/h4-8,13-14H,9-12H2,1-3H3. The SMILES string of the molecule is Cc1sc2c(=O)n(C(C)C)cnc2c1C(=O)N1CCN(c2ccccc2)CC1. The van der Waals surface area contributed by atoms with E-state index in [9.17, 15) is 9.59 Å². The van der Waals surface area contributed by atoms with Gasteiger partial charge in [-0.25, -0.2) is 4.98 Å². The van der Waals surface area contributed by atoms with Gasteiger partial charge in [0.05, 0.1) is 11.9 Å². The first-order chi connectivity index (χ1) is 13.5. The van der Waals surface area contributed by atoms with Crippen LogP contribution in [0.1, 0.15) is 35.1 Å². The third-order valence-electron chi connectivity index (χ3n) is 5.26. The van der Waals surface area contributed by atoms with Crippen LogP contribution >= 0.6 is 11.3 Å². The summed E-state index contributed by atoms with van der Waals surface area (Å²) in [5, 5.41) is 0. The summed E-state index contributed by atoms with van der Waals surface area (Å²) in [7, 11) is 0. The molecule has 2 aromatic heterocycles. The maximum Gasteiger partial charge on any atom is 0.271 e. The van der Waals surface area contributed by atoms with Gasteiger partial charge in [-0.05, 0) is 32.9 Å². The molecule has 0 unspecified atom stereocenters. The molecule has 7 heteroatoms. The summed E-state index contributed by atoms with van der Waals surface area (Å²) in [5.41, 5.74) is 2.24. The number of fused-ring (bicyclic) bond motifs is 1. The van der Waals surface area contributed by atoms with Gasteiger partial charge in [0, 0.05) is 42.8 Å². The quantitative estimate of drug-likeness (QED) is 0.682. The van der Waals surface area contributed by atoms with E-state index in [-0.39, 0.29) is 17.5 Å². The molecule has 1 saturated heterocycles. The fraction of sp³-hybridized carbons (Fsp3) is 0.381. The monoisotopic (exact) mass is 396 g/mol. The molecule has 1 aliphatic rings. The Morgan fingerprint density at radius 3 is 2.43 bits per heavy atom. The number of benzene rings is 1. The summed E-state index contributed by atoms with van der Waals surface area (Å²) < 4.78 is 2.19. The second-order valence-corrected chi connectivity index (χ2v) is 8.60. The zero-order chi connectivity index (χ0) is 19.8. The lowest BCUT2D eigenvalue weighted by Crippen LogP contribution is -2.48. The van der Waals surface area contributed by atoms with E-state index in [1.807, 2.05) is 43.9 Å². The van der Waals surface area contributed by atoms with Crippen molar-refractivity contribution < 1.29 is 4.79 Å². The Labute approximate surface area is 168 Å². The van der Waals surface area contributed by atoms with Crippen molar-refractivity contribution in [2.45, 2.75) is 26.8 Å². The van der Waals surface area contributed by atoms with Gasteiger partial charge in [0.15, 0.2) is 0 Å². The van der Waals surface area contributed by atoms with E-state index in [1.165, 1.54) is 17.0 Å². The molecule has 1 aromatic carbocycles. The molecule has 28 heavy (non-hydrogen) atoms. The van der Waals surface area contributed by atoms with Crippen LogP contribution in [0.3, 0.4) is 0 Å². The molecular formula is C21H24N4O2S. The molecule has 4 rings (SSSR count). The molecule has 3 heterocycles. The highest BCUT2D eigenvalue weighted by Gasteiger charge is 2.27. The largest absolute Gasteiger partial charge is 0.368 e. The van der Waals surface area contributed by atoms with Gasteiger partial charge in [0.25, 0.3) is 11.5 Å². The van der Waals surface area contributed by atoms with E-state index < -0.39 is 0 Å². The van der Waals surface area contributed by atoms with Gasteiger partial charge < -0.3 is 9.80 Å². The van der Waals surface area contributed by atoms with Crippen LogP contribution in [-0.2, 0) is 0 Å². The Hall–Kier alpha value is -2.67. The van der Waals surface area contributed by atoms with Gasteiger partial charge in [0.2, 0.25) is 0 Å². The third-order valence-corrected chi connectivity index (χ3v) is 6.34. The molecule has 146 valence electrons. The molecule has 1 amide bonds. The summed E-state index contributed by atoms with van der Waals surface area (Å²) in [6.45, 7) is 8.72. The molecule has 6 nitrogen and oxygen atoms in total. The Morgan fingerprint density at radius 1 is 1.11 bits per heavy atom. The van der Waals surface area contributed by atoms with Crippen LogP contribution in [0.15, 0.2) is 41.5 Å². The second-order valence-electron chi connectivity index (χ2n) is 7.38. The molecule has 0 saturated carbocycles. The summed E-state index contributed by atoms with van der Waals surface area (Å²) in [6, 6.07) is 10.3. The first-order valence-electron chi connectivity index (χ1n) is 9.57. The smallest absolute Gasteiger partial charge is 0.271 e. The first-order valence-corrected chi connectivity index (χ1v) is 10.4. The zero-order valence-electron chi connectivity index (χ0n) is 16.4. The highest BCUT2D eigenvalue weighted by molar-refractivity contribution is 7.19. The summed E-state index contributed by atoms with van der Waals surface area (Å²) in [5.74, 6) is -0.0225. The van der Waals surface area contributed by atoms with Crippen molar-refractivity contribution in [3.63, 3.8) is 0 Å². The summed E-state index contributed by atoms with van der Waals surface area (Å²) in [6.07, 6.45) is 1.56. The van der Waals surface area contributed by atoms with E-state index in [4.69, 9.17) is 0 Å². The van der Waals surface area contributed by atoms with Crippen LogP contribution in [0.25, 0.3) is 10.2 Å². The molecule has 3 aromatic rings. The highest BCUT2D eigenvalue weighted by Crippen LogP contribution is 2.29. The zero-order valence-corrected chi connectivity index (χ0v) is 17.2. The predicted octanol–water partition coefficient (Wildman–Crippen LogP) is 3.31. The van der Waals surface area contributed by atoms with Crippen molar-refractivity contribution in [3.8, 4) is 0 Å². The minimum absolute atomic E-state index is 0.0225. The molecule has 1 fully saturated rings. The van der Waals surface area contributed by atoms with Crippen LogP contribution in [0.4, 0.5) is 5.69 Å². The number of anilines is 1. The van der Waals surface area contributed by atoms with Gasteiger partial charge in [-0.2, -0.15) is 0 Å². The van der Waals surface area contributed by atoms with E-state index in [0.29, 0.717) is 28.9 Å². The average Bonchev–Trinajstić information content (AvgIpc) is 3.05. The molecule has 1 aliphatic heterocycles. The molecule has 0 spiro atoms. The maximum absolute atomic E-state index is 13.2.